The Bertz CT molecular complexity index is 1540. The highest BCUT2D eigenvalue weighted by molar-refractivity contribution is 8.18. The van der Waals surface area contributed by atoms with E-state index in [1.807, 2.05) is 54.6 Å². The van der Waals surface area contributed by atoms with Crippen molar-refractivity contribution in [3.63, 3.8) is 0 Å². The zero-order chi connectivity index (χ0) is 24.4. The summed E-state index contributed by atoms with van der Waals surface area (Å²) in [7, 11) is 0. The van der Waals surface area contributed by atoms with Crippen molar-refractivity contribution in [1.82, 2.24) is 9.88 Å². The largest absolute Gasteiger partial charge is 0.340 e. The van der Waals surface area contributed by atoms with Gasteiger partial charge in [0.15, 0.2) is 5.17 Å². The predicted octanol–water partition coefficient (Wildman–Crippen LogP) is 6.32. The summed E-state index contributed by atoms with van der Waals surface area (Å²) in [6.07, 6.45) is 2.93. The number of hydrogen-bond donors (Lipinski definition) is 1. The molecule has 1 aromatic heterocycles. The summed E-state index contributed by atoms with van der Waals surface area (Å²) in [6, 6.07) is 26.2. The number of carbonyl (C=O) groups is 1. The molecule has 0 saturated carbocycles. The number of amidine groups is 1. The first kappa shape index (κ1) is 22.7. The number of nitriles is 1. The molecule has 1 saturated heterocycles. The highest BCUT2D eigenvalue weighted by Crippen LogP contribution is 2.33. The average Bonchev–Trinajstić information content (AvgIpc) is 3.36. The molecular weight excluding hydrogens is 452 g/mol. The average molecular weight is 477 g/mol. The van der Waals surface area contributed by atoms with Crippen LogP contribution in [0.4, 0.5) is 5.69 Å². The first-order valence-electron chi connectivity index (χ1n) is 11.5. The second-order valence-corrected chi connectivity index (χ2v) is 9.40. The van der Waals surface area contributed by atoms with Crippen LogP contribution in [-0.2, 0) is 17.8 Å². The van der Waals surface area contributed by atoms with Crippen LogP contribution in [0.25, 0.3) is 17.0 Å². The van der Waals surface area contributed by atoms with Crippen LogP contribution in [0.5, 0.6) is 0 Å². The summed E-state index contributed by atoms with van der Waals surface area (Å²) < 4.78 is 2.21. The topological polar surface area (TPSA) is 70.2 Å². The zero-order valence-electron chi connectivity index (χ0n) is 19.6. The number of benzene rings is 3. The maximum absolute atomic E-state index is 12.8. The van der Waals surface area contributed by atoms with E-state index < -0.39 is 0 Å². The van der Waals surface area contributed by atoms with Gasteiger partial charge in [-0.3, -0.25) is 4.79 Å². The van der Waals surface area contributed by atoms with E-state index in [4.69, 9.17) is 0 Å². The quantitative estimate of drug-likeness (QED) is 0.343. The van der Waals surface area contributed by atoms with Gasteiger partial charge in [-0.2, -0.15) is 5.26 Å². The van der Waals surface area contributed by atoms with Gasteiger partial charge in [0.05, 0.1) is 22.2 Å². The van der Waals surface area contributed by atoms with Crippen molar-refractivity contribution >= 4 is 45.5 Å². The van der Waals surface area contributed by atoms with Crippen molar-refractivity contribution in [3.05, 3.63) is 106 Å². The lowest BCUT2D eigenvalue weighted by Crippen LogP contribution is -2.19. The second-order valence-electron chi connectivity index (χ2n) is 8.37. The molecule has 172 valence electrons. The van der Waals surface area contributed by atoms with E-state index in [0.29, 0.717) is 22.2 Å². The highest BCUT2D eigenvalue weighted by Gasteiger charge is 2.25. The van der Waals surface area contributed by atoms with Crippen LogP contribution in [0.1, 0.15) is 34.9 Å². The molecule has 3 aromatic carbocycles. The van der Waals surface area contributed by atoms with Crippen molar-refractivity contribution in [2.75, 3.05) is 0 Å². The van der Waals surface area contributed by atoms with Gasteiger partial charge in [-0.15, -0.1) is 0 Å². The van der Waals surface area contributed by atoms with Crippen molar-refractivity contribution < 1.29 is 4.79 Å². The van der Waals surface area contributed by atoms with Gasteiger partial charge in [0.25, 0.3) is 5.91 Å². The van der Waals surface area contributed by atoms with E-state index in [1.165, 1.54) is 17.3 Å². The minimum atomic E-state index is -0.148. The molecule has 1 aliphatic rings. The third-order valence-corrected chi connectivity index (χ3v) is 7.16. The Labute approximate surface area is 208 Å². The standard InChI is InChI=1S/C29H24N4OS/c1-3-20-12-14-23(15-13-20)31-29-32-28(34)27(35-29)16-25-19(2)33(26-11-7-6-10-24(25)26)18-22-9-5-4-8-21(22)17-30/h4-16H,3,18H2,1-2H3,(H,31,32,34)/b27-16+. The Morgan fingerprint density at radius 3 is 2.57 bits per heavy atom. The van der Waals surface area contributed by atoms with Gasteiger partial charge in [-0.05, 0) is 66.6 Å². The van der Waals surface area contributed by atoms with E-state index in [9.17, 15) is 10.1 Å². The number of aliphatic imine (C=N–C) groups is 1. The number of nitrogens with one attached hydrogen (secondary N) is 1. The first-order valence-corrected chi connectivity index (χ1v) is 12.3. The molecule has 0 aliphatic carbocycles. The molecule has 0 radical (unpaired) electrons. The third-order valence-electron chi connectivity index (χ3n) is 6.25. The number of rotatable bonds is 5. The second kappa shape index (κ2) is 9.65. The molecule has 0 bridgehead atoms. The fourth-order valence-electron chi connectivity index (χ4n) is 4.32. The smallest absolute Gasteiger partial charge is 0.264 e. The van der Waals surface area contributed by atoms with Crippen LogP contribution in [-0.4, -0.2) is 15.6 Å². The molecule has 0 unspecified atom stereocenters. The molecule has 2 heterocycles. The summed E-state index contributed by atoms with van der Waals surface area (Å²) in [4.78, 5) is 18.0. The van der Waals surface area contributed by atoms with E-state index >= 15 is 0 Å². The number of carbonyl (C=O) groups excluding carboxylic acids is 1. The number of hydrogen-bond acceptors (Lipinski definition) is 4. The SMILES string of the molecule is CCc1ccc(N=C2NC(=O)/C(=C\c3c(C)n(Cc4ccccc4C#N)c4ccccc34)S2)cc1. The lowest BCUT2D eigenvalue weighted by molar-refractivity contribution is -0.115. The predicted molar refractivity (Wildman–Crippen MR) is 144 cm³/mol. The van der Waals surface area contributed by atoms with Gasteiger partial charge < -0.3 is 9.88 Å². The summed E-state index contributed by atoms with van der Waals surface area (Å²) in [5.74, 6) is -0.148. The van der Waals surface area contributed by atoms with Gasteiger partial charge in [-0.1, -0.05) is 55.5 Å². The normalized spacial score (nSPS) is 15.6. The van der Waals surface area contributed by atoms with Crippen molar-refractivity contribution in [2.24, 2.45) is 4.99 Å². The number of aromatic nitrogens is 1. The van der Waals surface area contributed by atoms with Crippen molar-refractivity contribution in [2.45, 2.75) is 26.8 Å². The van der Waals surface area contributed by atoms with Crippen LogP contribution in [0.3, 0.4) is 0 Å². The fourth-order valence-corrected chi connectivity index (χ4v) is 5.14. The number of aryl methyl sites for hydroxylation is 1. The number of thioether (sulfide) groups is 1. The number of nitrogens with zero attached hydrogens (tertiary/aromatic N) is 3. The first-order chi connectivity index (χ1) is 17.1. The molecule has 4 aromatic rings. The molecule has 5 nitrogen and oxygen atoms in total. The van der Waals surface area contributed by atoms with Crippen LogP contribution < -0.4 is 5.32 Å². The van der Waals surface area contributed by atoms with E-state index in [2.05, 4.69) is 59.1 Å². The van der Waals surface area contributed by atoms with E-state index in [1.54, 1.807) is 0 Å². The summed E-state index contributed by atoms with van der Waals surface area (Å²) in [5, 5.41) is 14.1. The van der Waals surface area contributed by atoms with Crippen LogP contribution in [0, 0.1) is 18.3 Å². The van der Waals surface area contributed by atoms with Gasteiger partial charge in [-0.25, -0.2) is 4.99 Å². The minimum absolute atomic E-state index is 0.148. The summed E-state index contributed by atoms with van der Waals surface area (Å²) in [5.41, 5.74) is 6.81. The summed E-state index contributed by atoms with van der Waals surface area (Å²) >= 11 is 1.35. The fraction of sp³-hybridized carbons (Fsp3) is 0.138. The van der Waals surface area contributed by atoms with Gasteiger partial charge in [0.1, 0.15) is 0 Å². The van der Waals surface area contributed by atoms with Gasteiger partial charge >= 0.3 is 0 Å². The van der Waals surface area contributed by atoms with Crippen LogP contribution in [0.2, 0.25) is 0 Å². The third kappa shape index (κ3) is 4.51. The maximum Gasteiger partial charge on any atom is 0.264 e. The molecule has 1 fully saturated rings. The molecule has 0 atom stereocenters. The number of fused-ring (bicyclic) bond motifs is 1. The lowest BCUT2D eigenvalue weighted by Gasteiger charge is -2.10. The van der Waals surface area contributed by atoms with E-state index in [-0.39, 0.29) is 5.91 Å². The number of para-hydroxylation sites is 1. The monoisotopic (exact) mass is 476 g/mol. The zero-order valence-corrected chi connectivity index (χ0v) is 20.4. The maximum atomic E-state index is 12.8. The molecule has 1 aliphatic heterocycles. The van der Waals surface area contributed by atoms with Crippen molar-refractivity contribution in [3.8, 4) is 6.07 Å². The Hall–Kier alpha value is -4.08. The number of amides is 1. The molecule has 1 amide bonds. The summed E-state index contributed by atoms with van der Waals surface area (Å²) in [6.45, 7) is 4.76. The Balaban J connectivity index is 1.51. The highest BCUT2D eigenvalue weighted by atomic mass is 32.2. The van der Waals surface area contributed by atoms with Gasteiger partial charge in [0, 0.05) is 28.7 Å². The Morgan fingerprint density at radius 1 is 1.06 bits per heavy atom. The molecule has 1 N–H and O–H groups in total. The Kier molecular flexibility index (Phi) is 6.26. The molecule has 0 spiro atoms. The molecule has 5 rings (SSSR count). The lowest BCUT2D eigenvalue weighted by atomic mass is 10.1. The van der Waals surface area contributed by atoms with Gasteiger partial charge in [0.2, 0.25) is 0 Å². The molecule has 35 heavy (non-hydrogen) atoms. The Morgan fingerprint density at radius 2 is 1.80 bits per heavy atom. The van der Waals surface area contributed by atoms with Crippen LogP contribution in [0.15, 0.2) is 82.7 Å². The van der Waals surface area contributed by atoms with Crippen LogP contribution >= 0.6 is 11.8 Å². The van der Waals surface area contributed by atoms with Crippen molar-refractivity contribution in [1.29, 1.82) is 5.26 Å². The molecular formula is C29H24N4OS. The van der Waals surface area contributed by atoms with E-state index in [0.717, 1.165) is 39.8 Å². The minimum Gasteiger partial charge on any atom is -0.340 e. The molecule has 6 heteroatoms.